The number of nitrogens with zero attached hydrogens (tertiary/aromatic N) is 3. The van der Waals surface area contributed by atoms with Gasteiger partial charge in [-0.25, -0.2) is 12.8 Å². The first kappa shape index (κ1) is 17.8. The Kier molecular flexibility index (Phi) is 5.70. The topological polar surface area (TPSA) is 73.6 Å². The highest BCUT2D eigenvalue weighted by Crippen LogP contribution is 2.20. The minimum Gasteiger partial charge on any atom is -0.383 e. The van der Waals surface area contributed by atoms with Crippen LogP contribution in [0.1, 0.15) is 12.5 Å². The van der Waals surface area contributed by atoms with E-state index in [1.54, 1.807) is 13.2 Å². The Hall–Kier alpha value is -1.53. The molecule has 1 fully saturated rings. The summed E-state index contributed by atoms with van der Waals surface area (Å²) in [5.74, 6) is -0.718. The summed E-state index contributed by atoms with van der Waals surface area (Å²) < 4.78 is 45.1. The van der Waals surface area contributed by atoms with Crippen molar-refractivity contribution in [2.24, 2.45) is 0 Å². The van der Waals surface area contributed by atoms with Crippen LogP contribution in [0.2, 0.25) is 0 Å². The lowest BCUT2D eigenvalue weighted by molar-refractivity contribution is 0.0766. The fourth-order valence-corrected chi connectivity index (χ4v) is 4.08. The summed E-state index contributed by atoms with van der Waals surface area (Å²) in [6.45, 7) is 4.56. The molecule has 1 atom stereocenters. The van der Waals surface area contributed by atoms with Crippen LogP contribution in [0.5, 0.6) is 0 Å². The van der Waals surface area contributed by atoms with Crippen LogP contribution in [0.3, 0.4) is 0 Å². The molecule has 0 bridgehead atoms. The molecule has 2 rings (SSSR count). The first-order valence-corrected chi connectivity index (χ1v) is 8.77. The SMILES string of the molecule is COC[C@H](C)N1CCN(S(=O)(=O)c2ccc(F)c(C#N)c2)CC1. The van der Waals surface area contributed by atoms with Gasteiger partial charge in [0.05, 0.1) is 17.1 Å². The van der Waals surface area contributed by atoms with Gasteiger partial charge in [0.25, 0.3) is 0 Å². The standard InChI is InChI=1S/C15H20FN3O3S/c1-12(11-22-2)18-5-7-19(8-6-18)23(20,21)14-3-4-15(16)13(9-14)10-17/h3-4,9,12H,5-8,11H2,1-2H3/t12-/m0/s1. The van der Waals surface area contributed by atoms with Crippen molar-refractivity contribution in [2.45, 2.75) is 17.9 Å². The molecule has 1 aliphatic rings. The Balaban J connectivity index is 2.12. The van der Waals surface area contributed by atoms with Crippen LogP contribution in [0, 0.1) is 17.1 Å². The van der Waals surface area contributed by atoms with Crippen LogP contribution < -0.4 is 0 Å². The Bertz CT molecular complexity index is 694. The lowest BCUT2D eigenvalue weighted by Gasteiger charge is -2.37. The molecule has 1 aliphatic heterocycles. The summed E-state index contributed by atoms with van der Waals surface area (Å²) in [5, 5.41) is 8.85. The van der Waals surface area contributed by atoms with Crippen molar-refractivity contribution < 1.29 is 17.5 Å². The summed E-state index contributed by atoms with van der Waals surface area (Å²) in [7, 11) is -2.08. The third kappa shape index (κ3) is 3.87. The average Bonchev–Trinajstić information content (AvgIpc) is 2.55. The zero-order chi connectivity index (χ0) is 17.0. The van der Waals surface area contributed by atoms with Gasteiger partial charge in [0.15, 0.2) is 0 Å². The monoisotopic (exact) mass is 341 g/mol. The van der Waals surface area contributed by atoms with Gasteiger partial charge in [0, 0.05) is 39.3 Å². The normalized spacial score (nSPS) is 18.5. The molecule has 1 heterocycles. The smallest absolute Gasteiger partial charge is 0.243 e. The summed E-state index contributed by atoms with van der Waals surface area (Å²) in [6.07, 6.45) is 0. The molecule has 0 saturated carbocycles. The third-order valence-electron chi connectivity index (χ3n) is 4.00. The van der Waals surface area contributed by atoms with Crippen molar-refractivity contribution in [3.05, 3.63) is 29.6 Å². The fraction of sp³-hybridized carbons (Fsp3) is 0.533. The molecule has 0 aliphatic carbocycles. The Morgan fingerprint density at radius 3 is 2.57 bits per heavy atom. The van der Waals surface area contributed by atoms with Gasteiger partial charge in [-0.15, -0.1) is 0 Å². The van der Waals surface area contributed by atoms with Crippen LogP contribution in [0.15, 0.2) is 23.1 Å². The van der Waals surface area contributed by atoms with Gasteiger partial charge in [0.1, 0.15) is 11.9 Å². The molecule has 126 valence electrons. The van der Waals surface area contributed by atoms with E-state index in [2.05, 4.69) is 4.90 Å². The van der Waals surface area contributed by atoms with Crippen LogP contribution >= 0.6 is 0 Å². The van der Waals surface area contributed by atoms with Gasteiger partial charge in [-0.3, -0.25) is 4.90 Å². The van der Waals surface area contributed by atoms with Crippen molar-refractivity contribution in [1.29, 1.82) is 5.26 Å². The maximum absolute atomic E-state index is 13.4. The molecule has 0 aromatic heterocycles. The van der Waals surface area contributed by atoms with Crippen molar-refractivity contribution in [1.82, 2.24) is 9.21 Å². The maximum atomic E-state index is 13.4. The zero-order valence-corrected chi connectivity index (χ0v) is 14.0. The maximum Gasteiger partial charge on any atom is 0.243 e. The second-order valence-corrected chi connectivity index (χ2v) is 7.44. The molecular weight excluding hydrogens is 321 g/mol. The van der Waals surface area contributed by atoms with E-state index >= 15 is 0 Å². The number of ether oxygens (including phenoxy) is 1. The number of hydrogen-bond acceptors (Lipinski definition) is 5. The Labute approximate surface area is 136 Å². The van der Waals surface area contributed by atoms with Crippen LogP contribution in [0.4, 0.5) is 4.39 Å². The van der Waals surface area contributed by atoms with Crippen molar-refractivity contribution >= 4 is 10.0 Å². The fourth-order valence-electron chi connectivity index (χ4n) is 2.63. The molecule has 0 amide bonds. The van der Waals surface area contributed by atoms with E-state index in [-0.39, 0.29) is 16.5 Å². The van der Waals surface area contributed by atoms with Crippen molar-refractivity contribution in [3.8, 4) is 6.07 Å². The second-order valence-electron chi connectivity index (χ2n) is 5.50. The van der Waals surface area contributed by atoms with Gasteiger partial charge in [-0.05, 0) is 25.1 Å². The molecule has 0 unspecified atom stereocenters. The predicted octanol–water partition coefficient (Wildman–Crippen LogP) is 1.04. The molecule has 6 nitrogen and oxygen atoms in total. The highest BCUT2D eigenvalue weighted by molar-refractivity contribution is 7.89. The average molecular weight is 341 g/mol. The summed E-state index contributed by atoms with van der Waals surface area (Å²) in [5.41, 5.74) is -0.265. The van der Waals surface area contributed by atoms with Crippen LogP contribution in [-0.4, -0.2) is 63.6 Å². The number of halogens is 1. The van der Waals surface area contributed by atoms with Gasteiger partial charge < -0.3 is 4.74 Å². The number of hydrogen-bond donors (Lipinski definition) is 0. The van der Waals surface area contributed by atoms with Crippen LogP contribution in [0.25, 0.3) is 0 Å². The molecule has 0 N–H and O–H groups in total. The lowest BCUT2D eigenvalue weighted by Crippen LogP contribution is -2.52. The molecule has 8 heteroatoms. The number of piperazine rings is 1. The summed E-state index contributed by atoms with van der Waals surface area (Å²) in [6, 6.07) is 5.19. The molecule has 1 saturated heterocycles. The quantitative estimate of drug-likeness (QED) is 0.800. The first-order chi connectivity index (χ1) is 10.9. The number of rotatable bonds is 5. The number of methoxy groups -OCH3 is 1. The minimum absolute atomic E-state index is 0.0474. The number of sulfonamides is 1. The molecule has 1 aromatic rings. The molecular formula is C15H20FN3O3S. The Morgan fingerprint density at radius 2 is 2.00 bits per heavy atom. The Morgan fingerprint density at radius 1 is 1.35 bits per heavy atom. The van der Waals surface area contributed by atoms with E-state index in [0.29, 0.717) is 32.8 Å². The minimum atomic E-state index is -3.72. The highest BCUT2D eigenvalue weighted by atomic mass is 32.2. The molecule has 23 heavy (non-hydrogen) atoms. The van der Waals surface area contributed by atoms with Gasteiger partial charge in [-0.2, -0.15) is 9.57 Å². The van der Waals surface area contributed by atoms with Crippen molar-refractivity contribution in [2.75, 3.05) is 39.9 Å². The second kappa shape index (κ2) is 7.36. The molecule has 0 spiro atoms. The van der Waals surface area contributed by atoms with E-state index in [1.165, 1.54) is 10.4 Å². The van der Waals surface area contributed by atoms with Gasteiger partial charge >= 0.3 is 0 Å². The van der Waals surface area contributed by atoms with E-state index in [0.717, 1.165) is 12.1 Å². The van der Waals surface area contributed by atoms with Crippen LogP contribution in [-0.2, 0) is 14.8 Å². The van der Waals surface area contributed by atoms with Crippen molar-refractivity contribution in [3.63, 3.8) is 0 Å². The predicted molar refractivity (Wildman–Crippen MR) is 82.8 cm³/mol. The summed E-state index contributed by atoms with van der Waals surface area (Å²) >= 11 is 0. The van der Waals surface area contributed by atoms with E-state index in [1.807, 2.05) is 6.92 Å². The highest BCUT2D eigenvalue weighted by Gasteiger charge is 2.30. The van der Waals surface area contributed by atoms with Gasteiger partial charge in [0.2, 0.25) is 10.0 Å². The molecule has 1 aromatic carbocycles. The lowest BCUT2D eigenvalue weighted by atomic mass is 10.2. The first-order valence-electron chi connectivity index (χ1n) is 7.33. The van der Waals surface area contributed by atoms with E-state index < -0.39 is 15.8 Å². The molecule has 0 radical (unpaired) electrons. The number of nitriles is 1. The summed E-state index contributed by atoms with van der Waals surface area (Å²) in [4.78, 5) is 2.12. The third-order valence-corrected chi connectivity index (χ3v) is 5.90. The zero-order valence-electron chi connectivity index (χ0n) is 13.2. The number of benzene rings is 1. The van der Waals surface area contributed by atoms with Gasteiger partial charge in [-0.1, -0.05) is 0 Å². The largest absolute Gasteiger partial charge is 0.383 e. The van der Waals surface area contributed by atoms with E-state index in [9.17, 15) is 12.8 Å². The van der Waals surface area contributed by atoms with E-state index in [4.69, 9.17) is 10.00 Å².